The van der Waals surface area contributed by atoms with Crippen molar-refractivity contribution in [3.05, 3.63) is 82.3 Å². The number of aryl methyl sites for hydroxylation is 1. The fourth-order valence-corrected chi connectivity index (χ4v) is 2.32. The molecule has 0 aliphatic rings. The van der Waals surface area contributed by atoms with E-state index in [4.69, 9.17) is 16.0 Å². The summed E-state index contributed by atoms with van der Waals surface area (Å²) in [4.78, 5) is 11.8. The SMILES string of the molecule is Cc1ccc(-c2ccc(/C=N/NC(=O)c3ccc(F)cc3)o2)cc1Cl. The highest BCUT2D eigenvalue weighted by atomic mass is 35.5. The molecule has 0 atom stereocenters. The van der Waals surface area contributed by atoms with Gasteiger partial charge in [0, 0.05) is 16.1 Å². The summed E-state index contributed by atoms with van der Waals surface area (Å²) in [5.74, 6) is 0.284. The van der Waals surface area contributed by atoms with Crippen LogP contribution in [0.4, 0.5) is 4.39 Å². The van der Waals surface area contributed by atoms with Crippen LogP contribution < -0.4 is 5.43 Å². The van der Waals surface area contributed by atoms with Gasteiger partial charge in [-0.05, 0) is 55.0 Å². The monoisotopic (exact) mass is 356 g/mol. The van der Waals surface area contributed by atoms with Crippen molar-refractivity contribution in [1.29, 1.82) is 0 Å². The Hall–Kier alpha value is -2.92. The minimum Gasteiger partial charge on any atom is -0.455 e. The van der Waals surface area contributed by atoms with Gasteiger partial charge in [0.15, 0.2) is 0 Å². The van der Waals surface area contributed by atoms with Crippen LogP contribution in [-0.4, -0.2) is 12.1 Å². The van der Waals surface area contributed by atoms with E-state index in [1.807, 2.05) is 25.1 Å². The molecule has 126 valence electrons. The van der Waals surface area contributed by atoms with Gasteiger partial charge in [-0.1, -0.05) is 23.7 Å². The van der Waals surface area contributed by atoms with Gasteiger partial charge in [-0.15, -0.1) is 0 Å². The predicted molar refractivity (Wildman–Crippen MR) is 95.4 cm³/mol. The van der Waals surface area contributed by atoms with Crippen LogP contribution in [0.1, 0.15) is 21.7 Å². The van der Waals surface area contributed by atoms with Crippen LogP contribution >= 0.6 is 11.6 Å². The van der Waals surface area contributed by atoms with E-state index in [1.165, 1.54) is 30.5 Å². The van der Waals surface area contributed by atoms with Crippen LogP contribution in [-0.2, 0) is 0 Å². The summed E-state index contributed by atoms with van der Waals surface area (Å²) in [6.45, 7) is 1.93. The number of nitrogens with zero attached hydrogens (tertiary/aromatic N) is 1. The molecule has 1 heterocycles. The zero-order valence-electron chi connectivity index (χ0n) is 13.3. The third kappa shape index (κ3) is 4.14. The van der Waals surface area contributed by atoms with Crippen molar-refractivity contribution in [3.63, 3.8) is 0 Å². The van der Waals surface area contributed by atoms with Gasteiger partial charge in [0.1, 0.15) is 17.3 Å². The molecular weight excluding hydrogens is 343 g/mol. The molecule has 0 aliphatic carbocycles. The second-order valence-corrected chi connectivity index (χ2v) is 5.78. The van der Waals surface area contributed by atoms with E-state index >= 15 is 0 Å². The molecule has 3 rings (SSSR count). The highest BCUT2D eigenvalue weighted by Crippen LogP contribution is 2.26. The fraction of sp³-hybridized carbons (Fsp3) is 0.0526. The molecule has 1 aromatic heterocycles. The Balaban J connectivity index is 1.66. The van der Waals surface area contributed by atoms with Gasteiger partial charge in [-0.2, -0.15) is 5.10 Å². The summed E-state index contributed by atoms with van der Waals surface area (Å²) in [5.41, 5.74) is 4.51. The highest BCUT2D eigenvalue weighted by Gasteiger charge is 2.06. The molecule has 4 nitrogen and oxygen atoms in total. The quantitative estimate of drug-likeness (QED) is 0.538. The maximum Gasteiger partial charge on any atom is 0.271 e. The lowest BCUT2D eigenvalue weighted by Crippen LogP contribution is -2.17. The molecule has 0 radical (unpaired) electrons. The average Bonchev–Trinajstić information content (AvgIpc) is 3.07. The van der Waals surface area contributed by atoms with Crippen molar-refractivity contribution in [2.45, 2.75) is 6.92 Å². The first-order valence-electron chi connectivity index (χ1n) is 7.48. The number of amides is 1. The molecule has 0 saturated heterocycles. The van der Waals surface area contributed by atoms with Crippen molar-refractivity contribution in [3.8, 4) is 11.3 Å². The first-order valence-corrected chi connectivity index (χ1v) is 7.86. The Kier molecular flexibility index (Phi) is 4.95. The van der Waals surface area contributed by atoms with E-state index in [1.54, 1.807) is 12.1 Å². The smallest absolute Gasteiger partial charge is 0.271 e. The van der Waals surface area contributed by atoms with Gasteiger partial charge >= 0.3 is 0 Å². The number of carbonyl (C=O) groups is 1. The predicted octanol–water partition coefficient (Wildman–Crippen LogP) is 4.81. The molecule has 0 aliphatic heterocycles. The molecule has 0 bridgehead atoms. The molecule has 1 N–H and O–H groups in total. The summed E-state index contributed by atoms with van der Waals surface area (Å²) in [7, 11) is 0. The van der Waals surface area contributed by atoms with Gasteiger partial charge < -0.3 is 4.42 Å². The number of benzene rings is 2. The standard InChI is InChI=1S/C19H14ClFN2O2/c1-12-2-3-14(10-17(12)20)18-9-8-16(25-18)11-22-23-19(24)13-4-6-15(21)7-5-13/h2-11H,1H3,(H,23,24)/b22-11+. The molecule has 0 unspecified atom stereocenters. The Morgan fingerprint density at radius 3 is 2.64 bits per heavy atom. The second-order valence-electron chi connectivity index (χ2n) is 5.37. The molecule has 25 heavy (non-hydrogen) atoms. The van der Waals surface area contributed by atoms with Crippen molar-refractivity contribution < 1.29 is 13.6 Å². The molecule has 0 fully saturated rings. The van der Waals surface area contributed by atoms with Crippen molar-refractivity contribution in [2.75, 3.05) is 0 Å². The van der Waals surface area contributed by atoms with Crippen LogP contribution in [0.15, 0.2) is 64.1 Å². The lowest BCUT2D eigenvalue weighted by atomic mass is 10.1. The second kappa shape index (κ2) is 7.32. The van der Waals surface area contributed by atoms with Gasteiger partial charge in [0.2, 0.25) is 0 Å². The maximum atomic E-state index is 12.8. The first kappa shape index (κ1) is 16.9. The Bertz CT molecular complexity index is 933. The van der Waals surface area contributed by atoms with Gasteiger partial charge in [-0.25, -0.2) is 9.82 Å². The fourth-order valence-electron chi connectivity index (χ4n) is 2.14. The Labute approximate surface area is 148 Å². The number of carbonyl (C=O) groups excluding carboxylic acids is 1. The summed E-state index contributed by atoms with van der Waals surface area (Å²) in [6.07, 6.45) is 1.39. The summed E-state index contributed by atoms with van der Waals surface area (Å²) >= 11 is 6.12. The molecule has 6 heteroatoms. The number of nitrogens with one attached hydrogen (secondary N) is 1. The number of rotatable bonds is 4. The van der Waals surface area contributed by atoms with E-state index in [0.717, 1.165) is 11.1 Å². The van der Waals surface area contributed by atoms with E-state index in [0.29, 0.717) is 22.1 Å². The zero-order chi connectivity index (χ0) is 17.8. The summed E-state index contributed by atoms with van der Waals surface area (Å²) in [5, 5.41) is 4.50. The Morgan fingerprint density at radius 1 is 1.16 bits per heavy atom. The number of halogens is 2. The largest absolute Gasteiger partial charge is 0.455 e. The number of hydrazone groups is 1. The van der Waals surface area contributed by atoms with Crippen LogP contribution in [0.25, 0.3) is 11.3 Å². The Morgan fingerprint density at radius 2 is 1.92 bits per heavy atom. The summed E-state index contributed by atoms with van der Waals surface area (Å²) in [6, 6.07) is 14.4. The van der Waals surface area contributed by atoms with Gasteiger partial charge in [0.25, 0.3) is 5.91 Å². The normalized spacial score (nSPS) is 11.0. The van der Waals surface area contributed by atoms with Crippen molar-refractivity contribution in [1.82, 2.24) is 5.43 Å². The maximum absolute atomic E-state index is 12.8. The molecule has 0 saturated carbocycles. The van der Waals surface area contributed by atoms with Gasteiger partial charge in [-0.3, -0.25) is 4.79 Å². The topological polar surface area (TPSA) is 54.6 Å². The zero-order valence-corrected chi connectivity index (χ0v) is 14.0. The van der Waals surface area contributed by atoms with Crippen LogP contribution in [0.2, 0.25) is 5.02 Å². The van der Waals surface area contributed by atoms with E-state index in [2.05, 4.69) is 10.5 Å². The molecule has 0 spiro atoms. The third-order valence-corrected chi connectivity index (χ3v) is 3.95. The van der Waals surface area contributed by atoms with E-state index < -0.39 is 11.7 Å². The van der Waals surface area contributed by atoms with Gasteiger partial charge in [0.05, 0.1) is 6.21 Å². The van der Waals surface area contributed by atoms with Crippen molar-refractivity contribution >= 4 is 23.7 Å². The molecular formula is C19H14ClFN2O2. The molecule has 2 aromatic carbocycles. The van der Waals surface area contributed by atoms with E-state index in [-0.39, 0.29) is 0 Å². The van der Waals surface area contributed by atoms with Crippen molar-refractivity contribution in [2.24, 2.45) is 5.10 Å². The third-order valence-electron chi connectivity index (χ3n) is 3.55. The van der Waals surface area contributed by atoms with Crippen LogP contribution in [0.5, 0.6) is 0 Å². The first-order chi connectivity index (χ1) is 12.0. The lowest BCUT2D eigenvalue weighted by Gasteiger charge is -2.01. The van der Waals surface area contributed by atoms with Crippen LogP contribution in [0.3, 0.4) is 0 Å². The lowest BCUT2D eigenvalue weighted by molar-refractivity contribution is 0.0955. The molecule has 1 amide bonds. The molecule has 3 aromatic rings. The van der Waals surface area contributed by atoms with E-state index in [9.17, 15) is 9.18 Å². The minimum absolute atomic E-state index is 0.313. The summed E-state index contributed by atoms with van der Waals surface area (Å²) < 4.78 is 18.5. The van der Waals surface area contributed by atoms with Crippen LogP contribution in [0, 0.1) is 12.7 Å². The number of hydrogen-bond donors (Lipinski definition) is 1. The number of hydrogen-bond acceptors (Lipinski definition) is 3. The highest BCUT2D eigenvalue weighted by molar-refractivity contribution is 6.31. The average molecular weight is 357 g/mol. The minimum atomic E-state index is -0.437. The number of furan rings is 1.